The first-order valence-electron chi connectivity index (χ1n) is 9.67. The predicted octanol–water partition coefficient (Wildman–Crippen LogP) is 4.43. The van der Waals surface area contributed by atoms with E-state index in [9.17, 15) is 9.18 Å². The summed E-state index contributed by atoms with van der Waals surface area (Å²) >= 11 is 1.50. The number of halogens is 1. The molecule has 5 unspecified atom stereocenters. The van der Waals surface area contributed by atoms with Gasteiger partial charge >= 0.3 is 0 Å². The van der Waals surface area contributed by atoms with Crippen molar-refractivity contribution < 1.29 is 9.18 Å². The molecule has 3 saturated carbocycles. The van der Waals surface area contributed by atoms with Crippen molar-refractivity contribution in [3.63, 3.8) is 0 Å². The fourth-order valence-electron chi connectivity index (χ4n) is 5.77. The Balaban J connectivity index is 1.21. The van der Waals surface area contributed by atoms with Crippen molar-refractivity contribution in [1.29, 1.82) is 0 Å². The normalized spacial score (nSPS) is 32.0. The largest absolute Gasteiger partial charge is 0.353 e. The van der Waals surface area contributed by atoms with Crippen LogP contribution < -0.4 is 5.32 Å². The Hall–Kier alpha value is -1.75. The van der Waals surface area contributed by atoms with Crippen molar-refractivity contribution >= 4 is 17.2 Å². The summed E-state index contributed by atoms with van der Waals surface area (Å²) in [5.74, 6) is 3.21. The molecular formula is C21H23FN2OS. The number of carbonyl (C=O) groups is 1. The zero-order valence-electron chi connectivity index (χ0n) is 14.7. The van der Waals surface area contributed by atoms with Crippen LogP contribution in [-0.4, -0.2) is 16.9 Å². The lowest BCUT2D eigenvalue weighted by Crippen LogP contribution is -2.43. The van der Waals surface area contributed by atoms with Crippen LogP contribution in [0.25, 0.3) is 10.6 Å². The van der Waals surface area contributed by atoms with E-state index < -0.39 is 0 Å². The fourth-order valence-corrected chi connectivity index (χ4v) is 6.60. The van der Waals surface area contributed by atoms with Gasteiger partial charge in [-0.1, -0.05) is 6.42 Å². The van der Waals surface area contributed by atoms with Crippen LogP contribution in [0.15, 0.2) is 29.6 Å². The summed E-state index contributed by atoms with van der Waals surface area (Å²) in [6.07, 6.45) is 7.00. The highest BCUT2D eigenvalue weighted by Gasteiger charge is 2.53. The second-order valence-corrected chi connectivity index (χ2v) is 9.01. The molecule has 3 aliphatic carbocycles. The summed E-state index contributed by atoms with van der Waals surface area (Å²) in [6.45, 7) is 0. The third kappa shape index (κ3) is 2.86. The molecule has 3 aliphatic rings. The molecular weight excluding hydrogens is 347 g/mol. The van der Waals surface area contributed by atoms with E-state index in [4.69, 9.17) is 0 Å². The Morgan fingerprint density at radius 1 is 1.15 bits per heavy atom. The van der Waals surface area contributed by atoms with Crippen LogP contribution in [0, 0.1) is 29.5 Å². The van der Waals surface area contributed by atoms with Crippen molar-refractivity contribution in [2.45, 2.75) is 44.6 Å². The van der Waals surface area contributed by atoms with E-state index in [1.54, 1.807) is 12.1 Å². The summed E-state index contributed by atoms with van der Waals surface area (Å²) in [6, 6.07) is 6.71. The molecule has 5 rings (SSSR count). The molecule has 1 aromatic carbocycles. The van der Waals surface area contributed by atoms with Gasteiger partial charge in [-0.05, 0) is 73.6 Å². The molecule has 0 spiro atoms. The van der Waals surface area contributed by atoms with Gasteiger partial charge in [0.05, 0.1) is 12.1 Å². The molecule has 5 atom stereocenters. The minimum absolute atomic E-state index is 0.0908. The molecule has 3 nitrogen and oxygen atoms in total. The molecule has 1 heterocycles. The first-order chi connectivity index (χ1) is 12.7. The minimum Gasteiger partial charge on any atom is -0.353 e. The molecule has 5 heteroatoms. The number of nitrogens with one attached hydrogen (secondary N) is 1. The molecule has 1 amide bonds. The van der Waals surface area contributed by atoms with E-state index in [0.717, 1.165) is 34.0 Å². The van der Waals surface area contributed by atoms with Gasteiger partial charge in [0, 0.05) is 17.0 Å². The van der Waals surface area contributed by atoms with Crippen LogP contribution in [-0.2, 0) is 11.2 Å². The standard InChI is InChI=1S/C21H23FN2OS/c22-14-6-4-12(5-7-14)21-23-15(11-26-21)10-20(25)24-19-9-13-8-18(19)17-3-1-2-16(13)17/h4-7,11,13,16-19H,1-3,8-10H2,(H,24,25). The van der Waals surface area contributed by atoms with Crippen molar-refractivity contribution in [3.05, 3.63) is 41.2 Å². The second kappa shape index (κ2) is 6.45. The van der Waals surface area contributed by atoms with Crippen LogP contribution >= 0.6 is 11.3 Å². The summed E-state index contributed by atoms with van der Waals surface area (Å²) in [4.78, 5) is 17.1. The number of fused-ring (bicyclic) bond motifs is 5. The van der Waals surface area contributed by atoms with Crippen molar-refractivity contribution in [1.82, 2.24) is 10.3 Å². The minimum atomic E-state index is -0.250. The number of thiazole rings is 1. The van der Waals surface area contributed by atoms with E-state index in [0.29, 0.717) is 18.4 Å². The van der Waals surface area contributed by atoms with Crippen LogP contribution in [0.2, 0.25) is 0 Å². The molecule has 26 heavy (non-hydrogen) atoms. The highest BCUT2D eigenvalue weighted by Crippen LogP contribution is 2.58. The van der Waals surface area contributed by atoms with Crippen LogP contribution in [0.3, 0.4) is 0 Å². The maximum atomic E-state index is 13.0. The third-order valence-corrected chi connectivity index (χ3v) is 7.70. The molecule has 0 saturated heterocycles. The Morgan fingerprint density at radius 2 is 1.96 bits per heavy atom. The van der Waals surface area contributed by atoms with Gasteiger partial charge in [-0.3, -0.25) is 4.79 Å². The van der Waals surface area contributed by atoms with Gasteiger partial charge in [-0.2, -0.15) is 0 Å². The van der Waals surface area contributed by atoms with E-state index in [-0.39, 0.29) is 11.7 Å². The van der Waals surface area contributed by atoms with E-state index in [2.05, 4.69) is 10.3 Å². The molecule has 2 bridgehead atoms. The van der Waals surface area contributed by atoms with Crippen LogP contribution in [0.4, 0.5) is 4.39 Å². The van der Waals surface area contributed by atoms with Crippen molar-refractivity contribution in [3.8, 4) is 10.6 Å². The Morgan fingerprint density at radius 3 is 2.81 bits per heavy atom. The first-order valence-corrected chi connectivity index (χ1v) is 10.5. The van der Waals surface area contributed by atoms with Gasteiger partial charge in [-0.25, -0.2) is 9.37 Å². The summed E-state index contributed by atoms with van der Waals surface area (Å²) in [5.41, 5.74) is 1.69. The van der Waals surface area contributed by atoms with Gasteiger partial charge in [0.25, 0.3) is 0 Å². The first kappa shape index (κ1) is 16.4. The quantitative estimate of drug-likeness (QED) is 0.865. The second-order valence-electron chi connectivity index (χ2n) is 8.16. The number of hydrogen-bond acceptors (Lipinski definition) is 3. The maximum absolute atomic E-state index is 13.0. The number of nitrogens with zero attached hydrogens (tertiary/aromatic N) is 1. The number of hydrogen-bond donors (Lipinski definition) is 1. The summed E-state index contributed by atoms with van der Waals surface area (Å²) < 4.78 is 13.0. The molecule has 2 aromatic rings. The summed E-state index contributed by atoms with van der Waals surface area (Å²) in [5, 5.41) is 6.08. The van der Waals surface area contributed by atoms with Gasteiger partial charge in [0.2, 0.25) is 5.91 Å². The highest BCUT2D eigenvalue weighted by molar-refractivity contribution is 7.13. The van der Waals surface area contributed by atoms with E-state index >= 15 is 0 Å². The number of aromatic nitrogens is 1. The van der Waals surface area contributed by atoms with Gasteiger partial charge < -0.3 is 5.32 Å². The lowest BCUT2D eigenvalue weighted by molar-refractivity contribution is -0.121. The molecule has 0 radical (unpaired) electrons. The molecule has 1 N–H and O–H groups in total. The van der Waals surface area contributed by atoms with Gasteiger partial charge in [-0.15, -0.1) is 11.3 Å². The zero-order valence-corrected chi connectivity index (χ0v) is 15.5. The van der Waals surface area contributed by atoms with Crippen LogP contribution in [0.5, 0.6) is 0 Å². The zero-order chi connectivity index (χ0) is 17.7. The third-order valence-electron chi connectivity index (χ3n) is 6.76. The van der Waals surface area contributed by atoms with Gasteiger partial charge in [0.15, 0.2) is 0 Å². The number of carbonyl (C=O) groups excluding carboxylic acids is 1. The lowest BCUT2D eigenvalue weighted by atomic mass is 9.79. The Bertz CT molecular complexity index is 818. The SMILES string of the molecule is O=C(Cc1csc(-c2ccc(F)cc2)n1)NC1CC2CC1C1CCCC21. The Labute approximate surface area is 157 Å². The fraction of sp³-hybridized carbons (Fsp3) is 0.524. The Kier molecular flexibility index (Phi) is 4.07. The molecule has 1 aromatic heterocycles. The highest BCUT2D eigenvalue weighted by atomic mass is 32.1. The smallest absolute Gasteiger partial charge is 0.226 e. The van der Waals surface area contributed by atoms with E-state index in [1.807, 2.05) is 5.38 Å². The summed E-state index contributed by atoms with van der Waals surface area (Å²) in [7, 11) is 0. The molecule has 136 valence electrons. The molecule has 3 fully saturated rings. The number of rotatable bonds is 4. The lowest BCUT2D eigenvalue weighted by Gasteiger charge is -2.32. The monoisotopic (exact) mass is 370 g/mol. The average molecular weight is 370 g/mol. The molecule has 0 aliphatic heterocycles. The topological polar surface area (TPSA) is 42.0 Å². The van der Waals surface area contributed by atoms with Crippen LogP contribution in [0.1, 0.15) is 37.8 Å². The number of amides is 1. The van der Waals surface area contributed by atoms with Gasteiger partial charge in [0.1, 0.15) is 10.8 Å². The number of benzene rings is 1. The van der Waals surface area contributed by atoms with Crippen molar-refractivity contribution in [2.24, 2.45) is 23.7 Å². The predicted molar refractivity (Wildman–Crippen MR) is 100 cm³/mol. The maximum Gasteiger partial charge on any atom is 0.226 e. The average Bonchev–Trinajstić information content (AvgIpc) is 3.37. The van der Waals surface area contributed by atoms with Crippen molar-refractivity contribution in [2.75, 3.05) is 0 Å². The van der Waals surface area contributed by atoms with E-state index in [1.165, 1.54) is 55.6 Å².